The van der Waals surface area contributed by atoms with Gasteiger partial charge in [-0.2, -0.15) is 0 Å². The molecule has 1 aromatic carbocycles. The quantitative estimate of drug-likeness (QED) is 0.899. The highest BCUT2D eigenvalue weighted by atomic mass is 16.6. The minimum atomic E-state index is -0.354. The van der Waals surface area contributed by atoms with Gasteiger partial charge in [0.05, 0.1) is 0 Å². The maximum Gasteiger partial charge on any atom is 0.407 e. The molecule has 2 rings (SSSR count). The number of rotatable bonds is 3. The first kappa shape index (κ1) is 16.8. The Hall–Kier alpha value is -1.55. The van der Waals surface area contributed by atoms with Crippen LogP contribution in [0.4, 0.5) is 4.79 Å². The molecule has 1 saturated heterocycles. The Balaban J connectivity index is 2.37. The molecule has 0 aromatic heterocycles. The molecule has 0 radical (unpaired) electrons. The maximum absolute atomic E-state index is 11.7. The molecule has 2 N–H and O–H groups in total. The number of nitrogens with one attached hydrogen (secondary N) is 2. The van der Waals surface area contributed by atoms with Crippen molar-refractivity contribution in [2.24, 2.45) is 5.92 Å². The first-order valence-corrected chi connectivity index (χ1v) is 8.08. The Morgan fingerprint density at radius 2 is 2.00 bits per heavy atom. The van der Waals surface area contributed by atoms with E-state index in [-0.39, 0.29) is 29.2 Å². The van der Waals surface area contributed by atoms with Crippen LogP contribution in [0.3, 0.4) is 0 Å². The summed E-state index contributed by atoms with van der Waals surface area (Å²) in [7, 11) is 1.60. The molecule has 0 spiro atoms. The second kappa shape index (κ2) is 6.29. The maximum atomic E-state index is 11.7. The fourth-order valence-electron chi connectivity index (χ4n) is 3.48. The molecular formula is C18H28N2O2. The highest BCUT2D eigenvalue weighted by Gasteiger charge is 2.49. The minimum absolute atomic E-state index is 0.0597. The van der Waals surface area contributed by atoms with E-state index in [0.717, 1.165) is 12.8 Å². The molecule has 22 heavy (non-hydrogen) atoms. The van der Waals surface area contributed by atoms with Crippen LogP contribution in [0.1, 0.15) is 46.1 Å². The molecule has 4 heteroatoms. The number of alkyl carbamates (subject to hydrolysis) is 1. The molecule has 4 atom stereocenters. The molecule has 0 saturated carbocycles. The first-order chi connectivity index (χ1) is 10.3. The minimum Gasteiger partial charge on any atom is -0.446 e. The molecule has 1 fully saturated rings. The van der Waals surface area contributed by atoms with Crippen LogP contribution in [0.5, 0.6) is 0 Å². The third kappa shape index (κ3) is 3.12. The first-order valence-electron chi connectivity index (χ1n) is 8.08. The number of amides is 1. The third-order valence-corrected chi connectivity index (χ3v) is 5.30. The predicted octanol–water partition coefficient (Wildman–Crippen LogP) is 3.42. The van der Waals surface area contributed by atoms with Gasteiger partial charge in [-0.25, -0.2) is 4.79 Å². The average molecular weight is 304 g/mol. The second-order valence-corrected chi connectivity index (χ2v) is 6.79. The number of piperidine rings is 1. The number of hydrogen-bond acceptors (Lipinski definition) is 3. The standard InChI is InChI=1S/C18H28N2O2/c1-6-17(3)12-15(22-16(21)19-5)13(2)18(4,20-17)14-10-8-7-9-11-14/h7-11,13,15,20H,6,12H2,1-5H3,(H,19,21). The van der Waals surface area contributed by atoms with E-state index in [9.17, 15) is 4.79 Å². The molecule has 1 heterocycles. The van der Waals surface area contributed by atoms with E-state index in [1.54, 1.807) is 7.05 Å². The molecule has 1 amide bonds. The van der Waals surface area contributed by atoms with Crippen molar-refractivity contribution in [2.75, 3.05) is 7.05 Å². The number of carbonyl (C=O) groups is 1. The fraction of sp³-hybridized carbons (Fsp3) is 0.611. The summed E-state index contributed by atoms with van der Waals surface area (Å²) in [6.45, 7) is 8.74. The zero-order valence-electron chi connectivity index (χ0n) is 14.3. The summed E-state index contributed by atoms with van der Waals surface area (Å²) in [6.07, 6.45) is 1.33. The molecule has 1 aromatic rings. The van der Waals surface area contributed by atoms with Crippen molar-refractivity contribution in [1.82, 2.24) is 10.6 Å². The lowest BCUT2D eigenvalue weighted by Crippen LogP contribution is -2.65. The van der Waals surface area contributed by atoms with Gasteiger partial charge in [-0.3, -0.25) is 0 Å². The Morgan fingerprint density at radius 3 is 2.55 bits per heavy atom. The predicted molar refractivity (Wildman–Crippen MR) is 88.7 cm³/mol. The summed E-state index contributed by atoms with van der Waals surface area (Å²) >= 11 is 0. The number of hydrogen-bond donors (Lipinski definition) is 2. The molecule has 122 valence electrons. The van der Waals surface area contributed by atoms with Gasteiger partial charge in [0.2, 0.25) is 0 Å². The van der Waals surface area contributed by atoms with Gasteiger partial charge in [-0.05, 0) is 25.8 Å². The molecule has 0 aliphatic carbocycles. The average Bonchev–Trinajstić information content (AvgIpc) is 2.53. The van der Waals surface area contributed by atoms with Crippen molar-refractivity contribution < 1.29 is 9.53 Å². The van der Waals surface area contributed by atoms with Crippen molar-refractivity contribution in [3.8, 4) is 0 Å². The number of carbonyl (C=O) groups excluding carboxylic acids is 1. The second-order valence-electron chi connectivity index (χ2n) is 6.79. The Bertz CT molecular complexity index is 519. The van der Waals surface area contributed by atoms with Crippen LogP contribution in [-0.4, -0.2) is 24.8 Å². The molecule has 0 bridgehead atoms. The van der Waals surface area contributed by atoms with Gasteiger partial charge >= 0.3 is 6.09 Å². The molecule has 4 nitrogen and oxygen atoms in total. The number of ether oxygens (including phenoxy) is 1. The van der Waals surface area contributed by atoms with Crippen LogP contribution in [0.2, 0.25) is 0 Å². The summed E-state index contributed by atoms with van der Waals surface area (Å²) in [5.74, 6) is 0.173. The fourth-order valence-corrected chi connectivity index (χ4v) is 3.48. The molecule has 4 unspecified atom stereocenters. The summed E-state index contributed by atoms with van der Waals surface area (Å²) in [4.78, 5) is 11.7. The van der Waals surface area contributed by atoms with Gasteiger partial charge < -0.3 is 15.4 Å². The van der Waals surface area contributed by atoms with Gasteiger partial charge in [0, 0.05) is 30.5 Å². The van der Waals surface area contributed by atoms with Gasteiger partial charge in [0.15, 0.2) is 0 Å². The van der Waals surface area contributed by atoms with Gasteiger partial charge in [0.1, 0.15) is 6.10 Å². The monoisotopic (exact) mass is 304 g/mol. The van der Waals surface area contributed by atoms with Crippen LogP contribution in [0.25, 0.3) is 0 Å². The summed E-state index contributed by atoms with van der Waals surface area (Å²) in [5.41, 5.74) is 0.936. The van der Waals surface area contributed by atoms with Crippen molar-refractivity contribution >= 4 is 6.09 Å². The smallest absolute Gasteiger partial charge is 0.407 e. The lowest BCUT2D eigenvalue weighted by molar-refractivity contribution is -0.0377. The largest absolute Gasteiger partial charge is 0.446 e. The molecular weight excluding hydrogens is 276 g/mol. The van der Waals surface area contributed by atoms with Crippen LogP contribution in [0.15, 0.2) is 30.3 Å². The van der Waals surface area contributed by atoms with Crippen molar-refractivity contribution in [1.29, 1.82) is 0 Å². The molecule has 1 aliphatic rings. The van der Waals surface area contributed by atoms with Crippen LogP contribution in [0, 0.1) is 5.92 Å². The zero-order chi connectivity index (χ0) is 16.4. The van der Waals surface area contributed by atoms with E-state index >= 15 is 0 Å². The summed E-state index contributed by atoms with van der Waals surface area (Å²) < 4.78 is 5.68. The summed E-state index contributed by atoms with van der Waals surface area (Å²) in [6, 6.07) is 10.4. The van der Waals surface area contributed by atoms with Crippen LogP contribution in [-0.2, 0) is 10.3 Å². The number of benzene rings is 1. The van der Waals surface area contributed by atoms with Gasteiger partial charge in [0.25, 0.3) is 0 Å². The topological polar surface area (TPSA) is 50.4 Å². The van der Waals surface area contributed by atoms with Gasteiger partial charge in [-0.1, -0.05) is 44.2 Å². The van der Waals surface area contributed by atoms with E-state index in [0.29, 0.717) is 0 Å². The Morgan fingerprint density at radius 1 is 1.36 bits per heavy atom. The Kier molecular flexibility index (Phi) is 4.81. The highest BCUT2D eigenvalue weighted by molar-refractivity contribution is 5.67. The highest BCUT2D eigenvalue weighted by Crippen LogP contribution is 2.42. The lowest BCUT2D eigenvalue weighted by Gasteiger charge is -2.53. The normalized spacial score (nSPS) is 35.0. The third-order valence-electron chi connectivity index (χ3n) is 5.30. The molecule has 1 aliphatic heterocycles. The van der Waals surface area contributed by atoms with Crippen molar-refractivity contribution in [3.63, 3.8) is 0 Å². The van der Waals surface area contributed by atoms with Crippen molar-refractivity contribution in [3.05, 3.63) is 35.9 Å². The van der Waals surface area contributed by atoms with Crippen LogP contribution < -0.4 is 10.6 Å². The van der Waals surface area contributed by atoms with E-state index < -0.39 is 0 Å². The van der Waals surface area contributed by atoms with Crippen LogP contribution >= 0.6 is 0 Å². The van der Waals surface area contributed by atoms with E-state index in [2.05, 4.69) is 62.6 Å². The van der Waals surface area contributed by atoms with Gasteiger partial charge in [-0.15, -0.1) is 0 Å². The lowest BCUT2D eigenvalue weighted by atomic mass is 9.68. The van der Waals surface area contributed by atoms with E-state index in [4.69, 9.17) is 4.74 Å². The summed E-state index contributed by atoms with van der Waals surface area (Å²) in [5, 5.41) is 6.40. The van der Waals surface area contributed by atoms with E-state index in [1.165, 1.54) is 5.56 Å². The Labute approximate surface area is 133 Å². The van der Waals surface area contributed by atoms with E-state index in [1.807, 2.05) is 6.07 Å². The van der Waals surface area contributed by atoms with Crippen molar-refractivity contribution in [2.45, 2.75) is 57.7 Å². The zero-order valence-corrected chi connectivity index (χ0v) is 14.3. The SMILES string of the molecule is CCC1(C)CC(OC(=O)NC)C(C)C(C)(c2ccccc2)N1.